The maximum absolute atomic E-state index is 11.0. The number of hydrogen-bond acceptors (Lipinski definition) is 5. The van der Waals surface area contributed by atoms with Crippen LogP contribution >= 0.6 is 0 Å². The van der Waals surface area contributed by atoms with Gasteiger partial charge in [-0.25, -0.2) is 0 Å². The van der Waals surface area contributed by atoms with Crippen molar-refractivity contribution in [3.63, 3.8) is 0 Å². The number of benzene rings is 1. The molecule has 2 aliphatic heterocycles. The highest BCUT2D eigenvalue weighted by atomic mass is 16.6. The van der Waals surface area contributed by atoms with Crippen LogP contribution in [0, 0.1) is 23.2 Å². The van der Waals surface area contributed by atoms with Gasteiger partial charge in [-0.2, -0.15) is 0 Å². The van der Waals surface area contributed by atoms with E-state index >= 15 is 0 Å². The number of hydrogen-bond donors (Lipinski definition) is 1. The fourth-order valence-corrected chi connectivity index (χ4v) is 9.98. The first-order valence-corrected chi connectivity index (χ1v) is 13.2. The fourth-order valence-electron chi connectivity index (χ4n) is 9.98. The SMILES string of the molecule is CCOC1CCC2C1[C@]1(OC)C=C[C@]23[C@H]2Cc4ccc(O)c5c4[C@@]3(CCN2CC2CC2)[C@@H]1O5. The van der Waals surface area contributed by atoms with Crippen molar-refractivity contribution in [1.82, 2.24) is 4.90 Å². The number of phenols is 1. The second-order valence-corrected chi connectivity index (χ2v) is 11.9. The highest BCUT2D eigenvalue weighted by molar-refractivity contribution is 5.65. The van der Waals surface area contributed by atoms with Crippen LogP contribution in [0.1, 0.15) is 50.2 Å². The summed E-state index contributed by atoms with van der Waals surface area (Å²) < 4.78 is 19.8. The summed E-state index contributed by atoms with van der Waals surface area (Å²) in [5.74, 6) is 2.74. The monoisotopic (exact) mass is 449 g/mol. The summed E-state index contributed by atoms with van der Waals surface area (Å²) in [6.07, 6.45) is 12.3. The van der Waals surface area contributed by atoms with Gasteiger partial charge in [-0.05, 0) is 75.5 Å². The minimum absolute atomic E-state index is 0.0215. The third kappa shape index (κ3) is 1.98. The number of phenolic OH excluding ortho intramolecular Hbond substituents is 1. The van der Waals surface area contributed by atoms with Crippen molar-refractivity contribution < 1.29 is 19.3 Å². The van der Waals surface area contributed by atoms with Gasteiger partial charge < -0.3 is 19.3 Å². The largest absolute Gasteiger partial charge is 0.504 e. The zero-order valence-electron chi connectivity index (χ0n) is 19.8. The lowest BCUT2D eigenvalue weighted by molar-refractivity contribution is -0.251. The first-order valence-electron chi connectivity index (χ1n) is 13.2. The van der Waals surface area contributed by atoms with Crippen LogP contribution in [-0.2, 0) is 21.3 Å². The lowest BCUT2D eigenvalue weighted by atomic mass is 9.34. The number of likely N-dealkylation sites (tertiary alicyclic amines) is 1. The van der Waals surface area contributed by atoms with Gasteiger partial charge in [0.2, 0.25) is 0 Å². The molecule has 0 amide bonds. The molecule has 9 rings (SSSR count). The van der Waals surface area contributed by atoms with Crippen molar-refractivity contribution in [3.05, 3.63) is 35.4 Å². The molecule has 8 aliphatic rings. The molecule has 0 aromatic heterocycles. The number of nitrogens with zero attached hydrogens (tertiary/aromatic N) is 1. The lowest BCUT2D eigenvalue weighted by Crippen LogP contribution is -2.82. The molecule has 8 atom stereocenters. The summed E-state index contributed by atoms with van der Waals surface area (Å²) in [5, 5.41) is 11.0. The van der Waals surface area contributed by atoms with Gasteiger partial charge in [0.05, 0.1) is 11.5 Å². The van der Waals surface area contributed by atoms with Crippen molar-refractivity contribution in [2.45, 2.75) is 74.7 Å². The van der Waals surface area contributed by atoms with E-state index < -0.39 is 5.60 Å². The summed E-state index contributed by atoms with van der Waals surface area (Å²) in [5.41, 5.74) is 2.11. The number of rotatable bonds is 5. The number of piperidine rings is 1. The Labute approximate surface area is 196 Å². The summed E-state index contributed by atoms with van der Waals surface area (Å²) in [6.45, 7) is 5.22. The van der Waals surface area contributed by atoms with Gasteiger partial charge in [-0.3, -0.25) is 4.90 Å². The van der Waals surface area contributed by atoms with E-state index in [1.165, 1.54) is 36.9 Å². The van der Waals surface area contributed by atoms with Gasteiger partial charge in [0.25, 0.3) is 0 Å². The lowest BCUT2D eigenvalue weighted by Gasteiger charge is -2.73. The number of aromatic hydroxyl groups is 1. The molecule has 1 aromatic rings. The summed E-state index contributed by atoms with van der Waals surface area (Å²) in [4.78, 5) is 2.86. The molecule has 4 fully saturated rings. The van der Waals surface area contributed by atoms with Gasteiger partial charge in [0.1, 0.15) is 11.7 Å². The van der Waals surface area contributed by atoms with Crippen LogP contribution in [-0.4, -0.2) is 60.7 Å². The molecule has 33 heavy (non-hydrogen) atoms. The van der Waals surface area contributed by atoms with Crippen LogP contribution in [0.2, 0.25) is 0 Å². The van der Waals surface area contributed by atoms with Crippen LogP contribution in [0.3, 0.4) is 0 Å². The summed E-state index contributed by atoms with van der Waals surface area (Å²) in [7, 11) is 1.87. The maximum atomic E-state index is 11.0. The summed E-state index contributed by atoms with van der Waals surface area (Å²) in [6, 6.07) is 4.53. The summed E-state index contributed by atoms with van der Waals surface area (Å²) >= 11 is 0. The van der Waals surface area contributed by atoms with Gasteiger partial charge >= 0.3 is 0 Å². The quantitative estimate of drug-likeness (QED) is 0.693. The van der Waals surface area contributed by atoms with Gasteiger partial charge in [0.15, 0.2) is 11.5 Å². The third-order valence-electron chi connectivity index (χ3n) is 11.0. The zero-order valence-corrected chi connectivity index (χ0v) is 19.8. The van der Waals surface area contributed by atoms with Crippen molar-refractivity contribution in [2.24, 2.45) is 23.2 Å². The predicted molar refractivity (Wildman–Crippen MR) is 124 cm³/mol. The highest BCUT2D eigenvalue weighted by Gasteiger charge is 2.83. The molecule has 6 aliphatic carbocycles. The predicted octanol–water partition coefficient (Wildman–Crippen LogP) is 3.82. The van der Waals surface area contributed by atoms with Crippen molar-refractivity contribution in [1.29, 1.82) is 0 Å². The van der Waals surface area contributed by atoms with E-state index in [4.69, 9.17) is 14.2 Å². The van der Waals surface area contributed by atoms with E-state index in [9.17, 15) is 5.11 Å². The molecule has 2 spiro atoms. The van der Waals surface area contributed by atoms with Crippen LogP contribution in [0.15, 0.2) is 24.3 Å². The zero-order chi connectivity index (χ0) is 22.2. The molecule has 5 heteroatoms. The van der Waals surface area contributed by atoms with E-state index in [0.717, 1.165) is 44.1 Å². The van der Waals surface area contributed by atoms with Crippen LogP contribution < -0.4 is 4.74 Å². The Kier molecular flexibility index (Phi) is 3.68. The Bertz CT molecular complexity index is 1070. The topological polar surface area (TPSA) is 51.2 Å². The molecule has 1 N–H and O–H groups in total. The minimum Gasteiger partial charge on any atom is -0.504 e. The Balaban J connectivity index is 1.41. The standard InChI is InChI=1S/C28H35NO4/c1-3-32-20-9-7-18-23(20)28(31-2)11-10-26(18)21-14-17-6-8-19(30)24-22(17)27(26,25(28)33-24)12-13-29(21)15-16-4-5-16/h6,8,10-11,16,18,20-21,23,25,30H,3-5,7,9,12-15H2,1-2H3/t18?,20?,21-,23?,25+,26-,27+,28-/m1/s1. The molecule has 4 bridgehead atoms. The number of ether oxygens (including phenoxy) is 3. The Morgan fingerprint density at radius 2 is 2.06 bits per heavy atom. The average molecular weight is 450 g/mol. The van der Waals surface area contributed by atoms with E-state index in [-0.39, 0.29) is 23.0 Å². The molecule has 176 valence electrons. The molecular weight excluding hydrogens is 414 g/mol. The van der Waals surface area contributed by atoms with Gasteiger partial charge in [-0.1, -0.05) is 18.2 Å². The van der Waals surface area contributed by atoms with Crippen LogP contribution in [0.4, 0.5) is 0 Å². The maximum Gasteiger partial charge on any atom is 0.165 e. The minimum atomic E-state index is -0.508. The smallest absolute Gasteiger partial charge is 0.165 e. The van der Waals surface area contributed by atoms with Crippen molar-refractivity contribution in [2.75, 3.05) is 26.8 Å². The molecule has 0 radical (unpaired) electrons. The highest BCUT2D eigenvalue weighted by Crippen LogP contribution is 2.78. The molecule has 3 saturated carbocycles. The molecule has 1 aromatic carbocycles. The van der Waals surface area contributed by atoms with Gasteiger partial charge in [-0.15, -0.1) is 0 Å². The molecular formula is C28H35NO4. The Morgan fingerprint density at radius 3 is 2.85 bits per heavy atom. The van der Waals surface area contributed by atoms with Crippen LogP contribution in [0.5, 0.6) is 11.5 Å². The molecule has 2 heterocycles. The van der Waals surface area contributed by atoms with Crippen LogP contribution in [0.25, 0.3) is 0 Å². The third-order valence-corrected chi connectivity index (χ3v) is 11.0. The van der Waals surface area contributed by atoms with E-state index in [2.05, 4.69) is 30.0 Å². The molecule has 3 unspecified atom stereocenters. The first kappa shape index (κ1) is 19.7. The van der Waals surface area contributed by atoms with E-state index in [0.29, 0.717) is 23.6 Å². The molecule has 1 saturated heterocycles. The van der Waals surface area contributed by atoms with E-state index in [1.807, 2.05) is 13.2 Å². The fraction of sp³-hybridized carbons (Fsp3) is 0.714. The second kappa shape index (κ2) is 6.16. The van der Waals surface area contributed by atoms with Crippen molar-refractivity contribution in [3.8, 4) is 11.5 Å². The molecule has 5 nitrogen and oxygen atoms in total. The second-order valence-electron chi connectivity index (χ2n) is 11.9. The van der Waals surface area contributed by atoms with Crippen molar-refractivity contribution >= 4 is 0 Å². The normalized spacial score (nSPS) is 48.0. The van der Waals surface area contributed by atoms with E-state index in [1.54, 1.807) is 0 Å². The Morgan fingerprint density at radius 1 is 1.18 bits per heavy atom. The average Bonchev–Trinajstić information content (AvgIpc) is 3.41. The first-order chi connectivity index (χ1) is 16.1. The number of methoxy groups -OCH3 is 1. The Hall–Kier alpha value is -1.56. The van der Waals surface area contributed by atoms with Gasteiger partial charge in [0, 0.05) is 43.2 Å².